The molecule has 0 fully saturated rings. The fourth-order valence-electron chi connectivity index (χ4n) is 1.31. The van der Waals surface area contributed by atoms with Gasteiger partial charge >= 0.3 is 5.97 Å². The lowest BCUT2D eigenvalue weighted by Crippen LogP contribution is -1.96. The zero-order valence-electron chi connectivity index (χ0n) is 8.99. The third-order valence-electron chi connectivity index (χ3n) is 2.13. The number of rotatable bonds is 3. The molecule has 0 aromatic heterocycles. The van der Waals surface area contributed by atoms with Crippen LogP contribution in [0.15, 0.2) is 24.3 Å². The van der Waals surface area contributed by atoms with Gasteiger partial charge in [-0.15, -0.1) is 0 Å². The number of hydrogen-bond acceptors (Lipinski definition) is 3. The van der Waals surface area contributed by atoms with Crippen molar-refractivity contribution >= 4 is 40.8 Å². The average molecular weight is 330 g/mol. The summed E-state index contributed by atoms with van der Waals surface area (Å²) in [5.74, 6) is -0.408. The number of ketones is 1. The Balaban J connectivity index is 2.99. The van der Waals surface area contributed by atoms with Crippen molar-refractivity contribution < 1.29 is 12.7 Å². The molecule has 0 atom stereocenters. The SMILES string of the molecule is CC(=O)c1cc(/C=C/C(=O)OI)ccc1C. The Morgan fingerprint density at radius 2 is 2.06 bits per heavy atom. The van der Waals surface area contributed by atoms with Crippen LogP contribution < -0.4 is 0 Å². The van der Waals surface area contributed by atoms with Crippen LogP contribution in [0.25, 0.3) is 6.08 Å². The van der Waals surface area contributed by atoms with Gasteiger partial charge in [0.1, 0.15) is 0 Å². The van der Waals surface area contributed by atoms with Crippen LogP contribution in [0.3, 0.4) is 0 Å². The predicted molar refractivity (Wildman–Crippen MR) is 70.3 cm³/mol. The molecule has 0 saturated carbocycles. The van der Waals surface area contributed by atoms with E-state index in [1.54, 1.807) is 12.1 Å². The standard InChI is InChI=1S/C12H11IO3/c1-8-3-4-10(5-6-12(15)16-13)7-11(8)9(2)14/h3-7H,1-2H3/b6-5+. The van der Waals surface area contributed by atoms with E-state index in [1.807, 2.05) is 19.1 Å². The second-order valence-corrected chi connectivity index (χ2v) is 3.80. The summed E-state index contributed by atoms with van der Waals surface area (Å²) >= 11 is 1.52. The number of aryl methyl sites for hydroxylation is 1. The van der Waals surface area contributed by atoms with Crippen molar-refractivity contribution in [2.24, 2.45) is 0 Å². The van der Waals surface area contributed by atoms with E-state index in [1.165, 1.54) is 36.0 Å². The van der Waals surface area contributed by atoms with Crippen LogP contribution in [-0.2, 0) is 7.86 Å². The lowest BCUT2D eigenvalue weighted by molar-refractivity contribution is -0.126. The van der Waals surface area contributed by atoms with Crippen molar-refractivity contribution in [2.75, 3.05) is 0 Å². The van der Waals surface area contributed by atoms with Crippen molar-refractivity contribution in [3.8, 4) is 0 Å². The maximum atomic E-state index is 11.3. The van der Waals surface area contributed by atoms with Gasteiger partial charge in [-0.05, 0) is 37.1 Å². The predicted octanol–water partition coefficient (Wildman–Crippen LogP) is 3.10. The minimum absolute atomic E-state index is 0.0178. The molecule has 84 valence electrons. The van der Waals surface area contributed by atoms with E-state index in [0.29, 0.717) is 5.56 Å². The third-order valence-corrected chi connectivity index (χ3v) is 2.56. The van der Waals surface area contributed by atoms with E-state index in [0.717, 1.165) is 11.1 Å². The molecule has 0 amide bonds. The monoisotopic (exact) mass is 330 g/mol. The molecule has 1 rings (SSSR count). The fraction of sp³-hybridized carbons (Fsp3) is 0.167. The normalized spacial score (nSPS) is 10.4. The Morgan fingerprint density at radius 1 is 1.38 bits per heavy atom. The second kappa shape index (κ2) is 5.79. The second-order valence-electron chi connectivity index (χ2n) is 3.36. The first kappa shape index (κ1) is 12.9. The van der Waals surface area contributed by atoms with E-state index in [2.05, 4.69) is 3.07 Å². The first-order valence-corrected chi connectivity index (χ1v) is 5.55. The van der Waals surface area contributed by atoms with Gasteiger partial charge in [0.2, 0.25) is 0 Å². The fourth-order valence-corrected chi connectivity index (χ4v) is 1.46. The van der Waals surface area contributed by atoms with Gasteiger partial charge < -0.3 is 3.07 Å². The zero-order valence-corrected chi connectivity index (χ0v) is 11.1. The number of benzene rings is 1. The van der Waals surface area contributed by atoms with Crippen LogP contribution in [0.5, 0.6) is 0 Å². The quantitative estimate of drug-likeness (QED) is 0.486. The molecule has 0 saturated heterocycles. The van der Waals surface area contributed by atoms with Gasteiger partial charge in [0.05, 0.1) is 0 Å². The Labute approximate surface area is 108 Å². The molecule has 4 heteroatoms. The molecular weight excluding hydrogens is 319 g/mol. The molecule has 16 heavy (non-hydrogen) atoms. The minimum atomic E-state index is -0.425. The number of halogens is 1. The van der Waals surface area contributed by atoms with Crippen LogP contribution in [0, 0.1) is 6.92 Å². The topological polar surface area (TPSA) is 43.4 Å². The number of carbonyl (C=O) groups excluding carboxylic acids is 2. The number of Topliss-reactive ketones (excluding diaryl/α,β-unsaturated/α-hetero) is 1. The minimum Gasteiger partial charge on any atom is -0.391 e. The molecule has 0 heterocycles. The van der Waals surface area contributed by atoms with Crippen molar-refractivity contribution in [3.63, 3.8) is 0 Å². The molecule has 0 radical (unpaired) electrons. The van der Waals surface area contributed by atoms with Crippen molar-refractivity contribution in [1.29, 1.82) is 0 Å². The molecule has 1 aromatic rings. The maximum absolute atomic E-state index is 11.3. The highest BCUT2D eigenvalue weighted by atomic mass is 127. The van der Waals surface area contributed by atoms with Crippen LogP contribution in [0.1, 0.15) is 28.4 Å². The van der Waals surface area contributed by atoms with Gasteiger partial charge in [0.15, 0.2) is 28.8 Å². The summed E-state index contributed by atoms with van der Waals surface area (Å²) in [7, 11) is 0. The summed E-state index contributed by atoms with van der Waals surface area (Å²) in [4.78, 5) is 22.2. The molecule has 0 spiro atoms. The highest BCUT2D eigenvalue weighted by Gasteiger charge is 2.03. The van der Waals surface area contributed by atoms with Crippen LogP contribution in [0.4, 0.5) is 0 Å². The van der Waals surface area contributed by atoms with E-state index in [4.69, 9.17) is 0 Å². The van der Waals surface area contributed by atoms with Gasteiger partial charge in [0, 0.05) is 11.6 Å². The van der Waals surface area contributed by atoms with Crippen molar-refractivity contribution in [3.05, 3.63) is 41.0 Å². The smallest absolute Gasteiger partial charge is 0.340 e. The first-order valence-electron chi connectivity index (χ1n) is 4.67. The van der Waals surface area contributed by atoms with E-state index >= 15 is 0 Å². The lowest BCUT2D eigenvalue weighted by Gasteiger charge is -2.02. The molecular formula is C12H11IO3. The van der Waals surface area contributed by atoms with Crippen LogP contribution >= 0.6 is 23.0 Å². The number of hydrogen-bond donors (Lipinski definition) is 0. The summed E-state index contributed by atoms with van der Waals surface area (Å²) < 4.78 is 4.45. The average Bonchev–Trinajstić information content (AvgIpc) is 2.27. The van der Waals surface area contributed by atoms with Gasteiger partial charge in [-0.25, -0.2) is 4.79 Å². The molecule has 3 nitrogen and oxygen atoms in total. The van der Waals surface area contributed by atoms with Crippen LogP contribution in [-0.4, -0.2) is 11.8 Å². The largest absolute Gasteiger partial charge is 0.391 e. The van der Waals surface area contributed by atoms with Gasteiger partial charge in [-0.2, -0.15) is 0 Å². The zero-order chi connectivity index (χ0) is 12.1. The highest BCUT2D eigenvalue weighted by Crippen LogP contribution is 2.13. The summed E-state index contributed by atoms with van der Waals surface area (Å²) in [5, 5.41) is 0. The molecule has 0 unspecified atom stereocenters. The summed E-state index contributed by atoms with van der Waals surface area (Å²) in [6.07, 6.45) is 2.94. The van der Waals surface area contributed by atoms with E-state index < -0.39 is 5.97 Å². The Kier molecular flexibility index (Phi) is 4.67. The maximum Gasteiger partial charge on any atom is 0.340 e. The summed E-state index contributed by atoms with van der Waals surface area (Å²) in [6.45, 7) is 3.40. The van der Waals surface area contributed by atoms with Crippen molar-refractivity contribution in [2.45, 2.75) is 13.8 Å². The molecule has 0 aliphatic rings. The number of carbonyl (C=O) groups is 2. The third kappa shape index (κ3) is 3.44. The molecule has 0 N–H and O–H groups in total. The first-order chi connectivity index (χ1) is 7.54. The summed E-state index contributed by atoms with van der Waals surface area (Å²) in [6, 6.07) is 5.46. The molecule has 1 aromatic carbocycles. The molecule has 0 aliphatic carbocycles. The Hall–Kier alpha value is -1.17. The summed E-state index contributed by atoms with van der Waals surface area (Å²) in [5.41, 5.74) is 2.41. The Morgan fingerprint density at radius 3 is 2.62 bits per heavy atom. The Bertz CT molecular complexity index is 450. The molecule has 0 aliphatic heterocycles. The lowest BCUT2D eigenvalue weighted by atomic mass is 10.0. The van der Waals surface area contributed by atoms with E-state index in [9.17, 15) is 9.59 Å². The highest BCUT2D eigenvalue weighted by molar-refractivity contribution is 14.1. The van der Waals surface area contributed by atoms with Gasteiger partial charge in [-0.1, -0.05) is 12.1 Å². The van der Waals surface area contributed by atoms with Gasteiger partial charge in [0.25, 0.3) is 0 Å². The van der Waals surface area contributed by atoms with E-state index in [-0.39, 0.29) is 5.78 Å². The van der Waals surface area contributed by atoms with Crippen molar-refractivity contribution in [1.82, 2.24) is 0 Å². The van der Waals surface area contributed by atoms with Crippen LogP contribution in [0.2, 0.25) is 0 Å². The molecule has 0 bridgehead atoms. The van der Waals surface area contributed by atoms with Gasteiger partial charge in [-0.3, -0.25) is 4.79 Å².